The van der Waals surface area contributed by atoms with Crippen LogP contribution < -0.4 is 11.1 Å². The molecule has 3 N–H and O–H groups in total. The van der Waals surface area contributed by atoms with E-state index >= 15 is 0 Å². The zero-order chi connectivity index (χ0) is 21.0. The van der Waals surface area contributed by atoms with Crippen LogP contribution in [0.4, 0.5) is 0 Å². The highest BCUT2D eigenvalue weighted by Gasteiger charge is 2.55. The average molecular weight is 408 g/mol. The van der Waals surface area contributed by atoms with Gasteiger partial charge in [-0.15, -0.1) is 0 Å². The zero-order valence-electron chi connectivity index (χ0n) is 17.1. The highest BCUT2D eigenvalue weighted by atomic mass is 16.5. The third-order valence-corrected chi connectivity index (χ3v) is 6.44. The van der Waals surface area contributed by atoms with E-state index in [1.807, 2.05) is 0 Å². The van der Waals surface area contributed by atoms with E-state index < -0.39 is 18.1 Å². The first kappa shape index (κ1) is 21.5. The van der Waals surface area contributed by atoms with Gasteiger partial charge in [-0.25, -0.2) is 0 Å². The third-order valence-electron chi connectivity index (χ3n) is 6.44. The number of rotatable bonds is 9. The lowest BCUT2D eigenvalue weighted by molar-refractivity contribution is -0.178. The molecule has 3 amide bonds. The van der Waals surface area contributed by atoms with Gasteiger partial charge in [-0.05, 0) is 51.0 Å². The topological polar surface area (TPSA) is 122 Å². The quantitative estimate of drug-likeness (QED) is 0.402. The van der Waals surface area contributed by atoms with Crippen molar-refractivity contribution in [3.63, 3.8) is 0 Å². The lowest BCUT2D eigenvalue weighted by Crippen LogP contribution is -2.72. The van der Waals surface area contributed by atoms with Gasteiger partial charge in [-0.1, -0.05) is 6.42 Å². The first-order valence-electron chi connectivity index (χ1n) is 10.6. The minimum absolute atomic E-state index is 0.0557. The van der Waals surface area contributed by atoms with Crippen molar-refractivity contribution in [1.29, 1.82) is 0 Å². The van der Waals surface area contributed by atoms with Gasteiger partial charge < -0.3 is 25.6 Å². The van der Waals surface area contributed by atoms with E-state index in [1.165, 1.54) is 12.0 Å². The number of esters is 1. The van der Waals surface area contributed by atoms with Crippen LogP contribution in [0.15, 0.2) is 0 Å². The molecule has 0 aromatic carbocycles. The maximum atomic E-state index is 13.3. The molecule has 1 saturated carbocycles. The van der Waals surface area contributed by atoms with Crippen molar-refractivity contribution < 1.29 is 23.9 Å². The van der Waals surface area contributed by atoms with Gasteiger partial charge in [0.15, 0.2) is 0 Å². The summed E-state index contributed by atoms with van der Waals surface area (Å²) in [6.45, 7) is 0.898. The normalized spacial score (nSPS) is 28.3. The van der Waals surface area contributed by atoms with Crippen molar-refractivity contribution in [1.82, 2.24) is 15.1 Å². The van der Waals surface area contributed by atoms with Crippen LogP contribution in [0.25, 0.3) is 0 Å². The van der Waals surface area contributed by atoms with Gasteiger partial charge in [-0.3, -0.25) is 19.2 Å². The van der Waals surface area contributed by atoms with E-state index in [0.29, 0.717) is 13.1 Å². The molecule has 4 aliphatic rings. The van der Waals surface area contributed by atoms with Crippen LogP contribution in [-0.2, 0) is 23.9 Å². The summed E-state index contributed by atoms with van der Waals surface area (Å²) >= 11 is 0. The number of methoxy groups -OCH3 is 1. The molecule has 4 rings (SSSR count). The Morgan fingerprint density at radius 1 is 1.10 bits per heavy atom. The molecule has 1 aliphatic carbocycles. The van der Waals surface area contributed by atoms with E-state index in [1.54, 1.807) is 4.90 Å². The Morgan fingerprint density at radius 2 is 1.83 bits per heavy atom. The van der Waals surface area contributed by atoms with Crippen molar-refractivity contribution in [2.24, 2.45) is 11.7 Å². The fraction of sp³-hybridized carbons (Fsp3) is 0.800. The highest BCUT2D eigenvalue weighted by Crippen LogP contribution is 2.43. The number of hydrogen-bond donors (Lipinski definition) is 2. The molecule has 0 aromatic rings. The number of piperazine rings is 1. The van der Waals surface area contributed by atoms with Crippen LogP contribution in [0.2, 0.25) is 0 Å². The SMILES string of the molecule is COC(=O)C[C@H]1C(=O)N2C3CCC(CC3)[C@H]2C(=O)N1CC(=O)NCCCCCN. The summed E-state index contributed by atoms with van der Waals surface area (Å²) < 4.78 is 4.73. The number of piperidine rings is 2. The maximum absolute atomic E-state index is 13.3. The van der Waals surface area contributed by atoms with E-state index in [0.717, 1.165) is 44.9 Å². The second kappa shape index (κ2) is 9.56. The molecule has 0 radical (unpaired) electrons. The highest BCUT2D eigenvalue weighted by molar-refractivity contribution is 6.01. The Morgan fingerprint density at radius 3 is 2.48 bits per heavy atom. The van der Waals surface area contributed by atoms with Crippen LogP contribution in [0, 0.1) is 5.92 Å². The second-order valence-electron chi connectivity index (χ2n) is 8.22. The number of nitrogens with one attached hydrogen (secondary N) is 1. The molecule has 162 valence electrons. The van der Waals surface area contributed by atoms with E-state index in [4.69, 9.17) is 10.5 Å². The van der Waals surface area contributed by atoms with Gasteiger partial charge in [0.25, 0.3) is 0 Å². The Kier molecular flexibility index (Phi) is 7.10. The van der Waals surface area contributed by atoms with Crippen LogP contribution in [0.5, 0.6) is 0 Å². The smallest absolute Gasteiger partial charge is 0.308 e. The Labute approximate surface area is 171 Å². The van der Waals surface area contributed by atoms with Crippen LogP contribution in [0.3, 0.4) is 0 Å². The summed E-state index contributed by atoms with van der Waals surface area (Å²) in [5.74, 6) is -1.19. The standard InChI is InChI=1S/C20H32N4O5/c1-29-17(26)11-15-19(27)24-14-7-5-13(6-8-14)18(24)20(28)23(15)12-16(25)22-10-4-2-3-9-21/h13-15,18H,2-12,21H2,1H3,(H,22,25)/t13?,14?,15-,18-/m0/s1. The summed E-state index contributed by atoms with van der Waals surface area (Å²) in [7, 11) is 1.25. The summed E-state index contributed by atoms with van der Waals surface area (Å²) in [5.41, 5.74) is 5.46. The summed E-state index contributed by atoms with van der Waals surface area (Å²) in [6.07, 6.45) is 6.04. The summed E-state index contributed by atoms with van der Waals surface area (Å²) in [5, 5.41) is 2.80. The predicted octanol–water partition coefficient (Wildman–Crippen LogP) is -0.225. The van der Waals surface area contributed by atoms with Crippen LogP contribution >= 0.6 is 0 Å². The van der Waals surface area contributed by atoms with Gasteiger partial charge >= 0.3 is 5.97 Å². The molecule has 9 nitrogen and oxygen atoms in total. The largest absolute Gasteiger partial charge is 0.469 e. The van der Waals surface area contributed by atoms with Crippen molar-refractivity contribution in [2.45, 2.75) is 69.5 Å². The molecule has 3 heterocycles. The van der Waals surface area contributed by atoms with Crippen molar-refractivity contribution in [2.75, 3.05) is 26.7 Å². The molecular weight excluding hydrogens is 376 g/mol. The third kappa shape index (κ3) is 4.55. The number of fused-ring (bicyclic) bond motifs is 2. The molecule has 0 unspecified atom stereocenters. The average Bonchev–Trinajstić information content (AvgIpc) is 2.74. The minimum Gasteiger partial charge on any atom is -0.469 e. The molecule has 2 bridgehead atoms. The van der Waals surface area contributed by atoms with E-state index in [9.17, 15) is 19.2 Å². The molecule has 0 spiro atoms. The Balaban J connectivity index is 1.71. The van der Waals surface area contributed by atoms with Gasteiger partial charge in [0.1, 0.15) is 18.6 Å². The van der Waals surface area contributed by atoms with Gasteiger partial charge in [0.05, 0.1) is 13.5 Å². The monoisotopic (exact) mass is 408 g/mol. The fourth-order valence-corrected chi connectivity index (χ4v) is 4.93. The van der Waals surface area contributed by atoms with Crippen molar-refractivity contribution in [3.05, 3.63) is 0 Å². The van der Waals surface area contributed by atoms with Gasteiger partial charge in [0, 0.05) is 12.6 Å². The molecule has 3 aliphatic heterocycles. The minimum atomic E-state index is -0.978. The molecular formula is C20H32N4O5. The fourth-order valence-electron chi connectivity index (χ4n) is 4.93. The summed E-state index contributed by atoms with van der Waals surface area (Å²) in [6, 6.07) is -1.42. The number of nitrogens with two attached hydrogens (primary N) is 1. The number of amides is 3. The number of ether oxygens (including phenoxy) is 1. The van der Waals surface area contributed by atoms with Crippen molar-refractivity contribution >= 4 is 23.7 Å². The number of carbonyl (C=O) groups excluding carboxylic acids is 4. The first-order chi connectivity index (χ1) is 14.0. The Bertz CT molecular complexity index is 647. The molecule has 29 heavy (non-hydrogen) atoms. The molecule has 3 saturated heterocycles. The molecule has 2 atom stereocenters. The lowest BCUT2D eigenvalue weighted by Gasteiger charge is -2.56. The van der Waals surface area contributed by atoms with E-state index in [-0.39, 0.29) is 42.6 Å². The van der Waals surface area contributed by atoms with E-state index in [2.05, 4.69) is 5.32 Å². The second-order valence-corrected chi connectivity index (χ2v) is 8.22. The number of unbranched alkanes of at least 4 members (excludes halogenated alkanes) is 2. The van der Waals surface area contributed by atoms with Gasteiger partial charge in [-0.2, -0.15) is 0 Å². The Hall–Kier alpha value is -2.16. The lowest BCUT2D eigenvalue weighted by atomic mass is 9.72. The summed E-state index contributed by atoms with van der Waals surface area (Å²) in [4.78, 5) is 53.9. The number of nitrogens with zero attached hydrogens (tertiary/aromatic N) is 2. The van der Waals surface area contributed by atoms with Crippen LogP contribution in [-0.4, -0.2) is 78.4 Å². The number of hydrogen-bond acceptors (Lipinski definition) is 6. The molecule has 9 heteroatoms. The van der Waals surface area contributed by atoms with Crippen molar-refractivity contribution in [3.8, 4) is 0 Å². The first-order valence-corrected chi connectivity index (χ1v) is 10.6. The molecule has 0 aromatic heterocycles. The maximum Gasteiger partial charge on any atom is 0.308 e. The zero-order valence-corrected chi connectivity index (χ0v) is 17.1. The van der Waals surface area contributed by atoms with Crippen LogP contribution in [0.1, 0.15) is 51.4 Å². The number of carbonyl (C=O) groups is 4. The van der Waals surface area contributed by atoms with Gasteiger partial charge in [0.2, 0.25) is 17.7 Å². The molecule has 4 fully saturated rings. The predicted molar refractivity (Wildman–Crippen MR) is 104 cm³/mol.